The zero-order valence-electron chi connectivity index (χ0n) is 20.2. The van der Waals surface area contributed by atoms with Crippen molar-refractivity contribution in [3.8, 4) is 17.2 Å². The Morgan fingerprint density at radius 3 is 2.63 bits per heavy atom. The minimum atomic E-state index is -0.715. The molecule has 0 aliphatic heterocycles. The predicted molar refractivity (Wildman–Crippen MR) is 144 cm³/mol. The maximum absolute atomic E-state index is 13.9. The number of anilines is 2. The van der Waals surface area contributed by atoms with E-state index in [0.717, 1.165) is 23.1 Å². The van der Waals surface area contributed by atoms with Crippen molar-refractivity contribution in [2.24, 2.45) is 0 Å². The molecule has 0 amide bonds. The van der Waals surface area contributed by atoms with Gasteiger partial charge in [0.05, 0.1) is 28.9 Å². The number of para-hydroxylation sites is 2. The lowest BCUT2D eigenvalue weighted by atomic mass is 10.0. The molecule has 10 heteroatoms. The molecule has 0 unspecified atom stereocenters. The highest BCUT2D eigenvalue weighted by Gasteiger charge is 2.19. The smallest absolute Gasteiger partial charge is 0.263 e. The van der Waals surface area contributed by atoms with E-state index in [4.69, 9.17) is 11.1 Å². The Morgan fingerprint density at radius 1 is 1.08 bits per heavy atom. The van der Waals surface area contributed by atoms with Crippen LogP contribution >= 0.6 is 0 Å². The van der Waals surface area contributed by atoms with Crippen LogP contribution in [0.4, 0.5) is 16.0 Å². The number of phenols is 2. The van der Waals surface area contributed by atoms with Gasteiger partial charge in [0.2, 0.25) is 0 Å². The zero-order valence-corrected chi connectivity index (χ0v) is 20.2. The molecule has 0 saturated carbocycles. The van der Waals surface area contributed by atoms with Crippen LogP contribution in [0.5, 0.6) is 11.5 Å². The molecule has 3 aromatic carbocycles. The molecule has 0 bridgehead atoms. The van der Waals surface area contributed by atoms with Gasteiger partial charge in [-0.15, -0.1) is 0 Å². The second-order valence-corrected chi connectivity index (χ2v) is 8.71. The summed E-state index contributed by atoms with van der Waals surface area (Å²) in [6, 6.07) is 17.2. The third kappa shape index (κ3) is 4.39. The highest BCUT2D eigenvalue weighted by molar-refractivity contribution is 6.16. The van der Waals surface area contributed by atoms with Crippen molar-refractivity contribution in [1.82, 2.24) is 14.5 Å². The van der Waals surface area contributed by atoms with E-state index in [0.29, 0.717) is 16.8 Å². The molecule has 5 aromatic rings. The fraction of sp³-hybridized carbons (Fsp3) is 0.0714. The van der Waals surface area contributed by atoms with Gasteiger partial charge in [0.15, 0.2) is 0 Å². The molecule has 38 heavy (non-hydrogen) atoms. The van der Waals surface area contributed by atoms with Crippen molar-refractivity contribution in [2.75, 3.05) is 11.1 Å². The van der Waals surface area contributed by atoms with Crippen LogP contribution in [0.3, 0.4) is 0 Å². The Morgan fingerprint density at radius 2 is 1.87 bits per heavy atom. The van der Waals surface area contributed by atoms with E-state index in [2.05, 4.69) is 15.3 Å². The number of nitrogen functional groups attached to an aromatic ring is 1. The molecule has 0 spiro atoms. The summed E-state index contributed by atoms with van der Waals surface area (Å²) in [4.78, 5) is 21.9. The van der Waals surface area contributed by atoms with Gasteiger partial charge in [-0.2, -0.15) is 0 Å². The summed E-state index contributed by atoms with van der Waals surface area (Å²) in [6.45, 7) is 1.90. The van der Waals surface area contributed by atoms with E-state index in [9.17, 15) is 19.4 Å². The first-order valence-corrected chi connectivity index (χ1v) is 11.6. The molecule has 0 saturated heterocycles. The van der Waals surface area contributed by atoms with Gasteiger partial charge in [-0.05, 0) is 48.2 Å². The summed E-state index contributed by atoms with van der Waals surface area (Å²) in [5.74, 6) is -0.973. The Balaban J connectivity index is 1.61. The van der Waals surface area contributed by atoms with Crippen LogP contribution < -0.4 is 16.6 Å². The number of halogens is 1. The number of rotatable bonds is 6. The van der Waals surface area contributed by atoms with Gasteiger partial charge < -0.3 is 21.3 Å². The predicted octanol–water partition coefficient (Wildman–Crippen LogP) is 4.25. The monoisotopic (exact) mass is 510 g/mol. The third-order valence-electron chi connectivity index (χ3n) is 6.19. The molecular weight excluding hydrogens is 487 g/mol. The molecule has 0 fully saturated rings. The fourth-order valence-electron chi connectivity index (χ4n) is 4.45. The summed E-state index contributed by atoms with van der Waals surface area (Å²) in [6.07, 6.45) is 1.22. The number of pyridine rings is 1. The number of hydrogen-bond acceptors (Lipinski definition) is 8. The highest BCUT2D eigenvalue weighted by atomic mass is 19.1. The van der Waals surface area contributed by atoms with Gasteiger partial charge in [0.1, 0.15) is 35.3 Å². The van der Waals surface area contributed by atoms with E-state index in [1.807, 2.05) is 31.2 Å². The van der Waals surface area contributed by atoms with Crippen molar-refractivity contribution in [2.45, 2.75) is 13.5 Å². The Labute approximate surface area is 216 Å². The quantitative estimate of drug-likeness (QED) is 0.214. The number of phenolic OH excluding ortho intramolecular Hbond substituents is 2. The number of aromatic nitrogens is 3. The van der Waals surface area contributed by atoms with Crippen molar-refractivity contribution >= 4 is 28.1 Å². The standard InChI is InChI=1S/C28H23FN6O3/c1-15-5-4-6-16-10-19(35(28(38)23(15)16)21-7-2-3-8-22(21)37)13-32-27-24(26(31)33-14-34-27)25(30)17-9-18(29)12-20(36)11-17/h2-12,14,30,36-37H,13H2,1H3,(H3,31,32,33,34). The van der Waals surface area contributed by atoms with E-state index >= 15 is 0 Å². The number of benzene rings is 3. The fourth-order valence-corrected chi connectivity index (χ4v) is 4.45. The van der Waals surface area contributed by atoms with Crippen LogP contribution in [0.1, 0.15) is 22.4 Å². The Bertz CT molecular complexity index is 1760. The van der Waals surface area contributed by atoms with E-state index < -0.39 is 5.82 Å². The molecule has 0 atom stereocenters. The summed E-state index contributed by atoms with van der Waals surface area (Å²) in [5.41, 5.74) is 7.38. The zero-order chi connectivity index (χ0) is 27.0. The van der Waals surface area contributed by atoms with Crippen LogP contribution in [0.2, 0.25) is 0 Å². The number of aryl methyl sites for hydroxylation is 1. The number of fused-ring (bicyclic) bond motifs is 1. The Kier molecular flexibility index (Phi) is 6.21. The molecule has 190 valence electrons. The summed E-state index contributed by atoms with van der Waals surface area (Å²) < 4.78 is 15.3. The molecular formula is C28H23FN6O3. The van der Waals surface area contributed by atoms with Crippen LogP contribution in [-0.4, -0.2) is 30.5 Å². The van der Waals surface area contributed by atoms with E-state index in [1.165, 1.54) is 23.0 Å². The van der Waals surface area contributed by atoms with Gasteiger partial charge in [-0.3, -0.25) is 14.8 Å². The number of hydrogen-bond donors (Lipinski definition) is 5. The molecule has 9 nitrogen and oxygen atoms in total. The number of nitrogens with one attached hydrogen (secondary N) is 2. The van der Waals surface area contributed by atoms with Gasteiger partial charge >= 0.3 is 0 Å². The molecule has 0 aliphatic carbocycles. The highest BCUT2D eigenvalue weighted by Crippen LogP contribution is 2.27. The van der Waals surface area contributed by atoms with Crippen LogP contribution in [-0.2, 0) is 6.54 Å². The van der Waals surface area contributed by atoms with Crippen molar-refractivity contribution in [3.05, 3.63) is 112 Å². The largest absolute Gasteiger partial charge is 0.508 e. The molecule has 2 aromatic heterocycles. The minimum absolute atomic E-state index is 0.0246. The van der Waals surface area contributed by atoms with Gasteiger partial charge in [-0.1, -0.05) is 30.3 Å². The number of nitrogens with zero attached hydrogens (tertiary/aromatic N) is 3. The minimum Gasteiger partial charge on any atom is -0.508 e. The van der Waals surface area contributed by atoms with Crippen LogP contribution in [0.15, 0.2) is 77.9 Å². The van der Waals surface area contributed by atoms with Crippen molar-refractivity contribution in [1.29, 1.82) is 5.41 Å². The molecule has 5 rings (SSSR count). The summed E-state index contributed by atoms with van der Waals surface area (Å²) in [5, 5.41) is 33.4. The van der Waals surface area contributed by atoms with Crippen LogP contribution in [0, 0.1) is 18.2 Å². The molecule has 6 N–H and O–H groups in total. The normalized spacial score (nSPS) is 11.0. The van der Waals surface area contributed by atoms with Crippen LogP contribution in [0.25, 0.3) is 16.5 Å². The topological polar surface area (TPSA) is 150 Å². The number of aromatic hydroxyl groups is 2. The Hall–Kier alpha value is -5.25. The van der Waals surface area contributed by atoms with Gasteiger partial charge in [0.25, 0.3) is 5.56 Å². The lowest BCUT2D eigenvalue weighted by Gasteiger charge is -2.18. The number of nitrogens with two attached hydrogens (primary N) is 1. The average molecular weight is 511 g/mol. The van der Waals surface area contributed by atoms with E-state index in [-0.39, 0.29) is 52.1 Å². The first-order chi connectivity index (χ1) is 18.2. The summed E-state index contributed by atoms with van der Waals surface area (Å²) in [7, 11) is 0. The van der Waals surface area contributed by atoms with Crippen molar-refractivity contribution in [3.63, 3.8) is 0 Å². The molecule has 0 radical (unpaired) electrons. The first kappa shape index (κ1) is 24.4. The molecule has 0 aliphatic rings. The second kappa shape index (κ2) is 9.66. The first-order valence-electron chi connectivity index (χ1n) is 11.6. The summed E-state index contributed by atoms with van der Waals surface area (Å²) >= 11 is 0. The third-order valence-corrected chi connectivity index (χ3v) is 6.19. The van der Waals surface area contributed by atoms with Crippen molar-refractivity contribution < 1.29 is 14.6 Å². The average Bonchev–Trinajstić information content (AvgIpc) is 2.87. The maximum atomic E-state index is 13.9. The lowest BCUT2D eigenvalue weighted by Crippen LogP contribution is -2.24. The second-order valence-electron chi connectivity index (χ2n) is 8.71. The molecule has 2 heterocycles. The maximum Gasteiger partial charge on any atom is 0.263 e. The van der Waals surface area contributed by atoms with Gasteiger partial charge in [0, 0.05) is 17.3 Å². The van der Waals surface area contributed by atoms with E-state index in [1.54, 1.807) is 18.2 Å². The lowest BCUT2D eigenvalue weighted by molar-refractivity contribution is 0.469. The van der Waals surface area contributed by atoms with Gasteiger partial charge in [-0.25, -0.2) is 14.4 Å². The SMILES string of the molecule is Cc1cccc2cc(CNc3ncnc(N)c3C(=N)c3cc(O)cc(F)c3)n(-c3ccccc3O)c(=O)c12.